The molecule has 2 unspecified atom stereocenters. The molecule has 0 aromatic rings. The van der Waals surface area contributed by atoms with E-state index in [9.17, 15) is 9.90 Å². The van der Waals surface area contributed by atoms with Gasteiger partial charge < -0.3 is 15.7 Å². The Labute approximate surface area is 92.4 Å². The van der Waals surface area contributed by atoms with E-state index in [2.05, 4.69) is 24.5 Å². The summed E-state index contributed by atoms with van der Waals surface area (Å²) in [4.78, 5) is 11.5. The van der Waals surface area contributed by atoms with E-state index in [0.717, 1.165) is 6.42 Å². The number of nitrogens with one attached hydrogen (secondary N) is 2. The molecule has 15 heavy (non-hydrogen) atoms. The minimum Gasteiger partial charge on any atom is -0.390 e. The summed E-state index contributed by atoms with van der Waals surface area (Å²) in [6.07, 6.45) is 0.374. The molecular formula is C11H24N2O2. The Balaban J connectivity index is 3.72. The van der Waals surface area contributed by atoms with Gasteiger partial charge in [0.15, 0.2) is 0 Å². The third kappa shape index (κ3) is 7.33. The summed E-state index contributed by atoms with van der Waals surface area (Å²) in [5.74, 6) is 0.568. The average molecular weight is 216 g/mol. The zero-order valence-corrected chi connectivity index (χ0v) is 10.2. The second-order valence-electron chi connectivity index (χ2n) is 4.49. The van der Waals surface area contributed by atoms with Gasteiger partial charge in [-0.05, 0) is 19.4 Å². The third-order valence-corrected chi connectivity index (χ3v) is 2.22. The lowest BCUT2D eigenvalue weighted by Gasteiger charge is -2.16. The van der Waals surface area contributed by atoms with Crippen LogP contribution in [0.1, 0.15) is 27.2 Å². The topological polar surface area (TPSA) is 61.4 Å². The lowest BCUT2D eigenvalue weighted by Crippen LogP contribution is -2.39. The fraction of sp³-hybridized carbons (Fsp3) is 0.909. The summed E-state index contributed by atoms with van der Waals surface area (Å²) in [7, 11) is 1.77. The molecule has 0 heterocycles. The molecule has 4 heteroatoms. The SMILES string of the molecule is CNCC(O)CNC(=O)C(C)CC(C)C. The van der Waals surface area contributed by atoms with Crippen molar-refractivity contribution >= 4 is 5.91 Å². The van der Waals surface area contributed by atoms with E-state index in [1.165, 1.54) is 0 Å². The van der Waals surface area contributed by atoms with Gasteiger partial charge in [-0.3, -0.25) is 4.79 Å². The fourth-order valence-electron chi connectivity index (χ4n) is 1.51. The molecule has 0 aliphatic carbocycles. The Morgan fingerprint density at radius 1 is 1.27 bits per heavy atom. The zero-order valence-electron chi connectivity index (χ0n) is 10.2. The second-order valence-corrected chi connectivity index (χ2v) is 4.49. The summed E-state index contributed by atoms with van der Waals surface area (Å²) >= 11 is 0. The molecule has 0 rings (SSSR count). The van der Waals surface area contributed by atoms with Crippen LogP contribution in [-0.2, 0) is 4.79 Å². The number of hydrogen-bond donors (Lipinski definition) is 3. The van der Waals surface area contributed by atoms with Crippen molar-refractivity contribution < 1.29 is 9.90 Å². The molecular weight excluding hydrogens is 192 g/mol. The minimum atomic E-state index is -0.509. The number of carbonyl (C=O) groups excluding carboxylic acids is 1. The molecule has 0 bridgehead atoms. The summed E-state index contributed by atoms with van der Waals surface area (Å²) < 4.78 is 0. The van der Waals surface area contributed by atoms with Crippen LogP contribution in [0.15, 0.2) is 0 Å². The number of rotatable bonds is 7. The standard InChI is InChI=1S/C11H24N2O2/c1-8(2)5-9(3)11(15)13-7-10(14)6-12-4/h8-10,12,14H,5-7H2,1-4H3,(H,13,15). The Kier molecular flexibility index (Phi) is 7.34. The van der Waals surface area contributed by atoms with Crippen LogP contribution in [0.5, 0.6) is 0 Å². The van der Waals surface area contributed by atoms with Gasteiger partial charge in [0.1, 0.15) is 0 Å². The van der Waals surface area contributed by atoms with Crippen molar-refractivity contribution in [2.24, 2.45) is 11.8 Å². The molecule has 0 aromatic heterocycles. The first-order valence-electron chi connectivity index (χ1n) is 5.57. The van der Waals surface area contributed by atoms with E-state index < -0.39 is 6.10 Å². The van der Waals surface area contributed by atoms with Crippen LogP contribution < -0.4 is 10.6 Å². The van der Waals surface area contributed by atoms with E-state index in [4.69, 9.17) is 0 Å². The summed E-state index contributed by atoms with van der Waals surface area (Å²) in [5.41, 5.74) is 0. The van der Waals surface area contributed by atoms with Crippen molar-refractivity contribution in [2.45, 2.75) is 33.3 Å². The van der Waals surface area contributed by atoms with Crippen molar-refractivity contribution in [1.82, 2.24) is 10.6 Å². The molecule has 0 aliphatic heterocycles. The molecule has 0 spiro atoms. The van der Waals surface area contributed by atoms with Gasteiger partial charge in [-0.15, -0.1) is 0 Å². The third-order valence-electron chi connectivity index (χ3n) is 2.22. The number of amides is 1. The van der Waals surface area contributed by atoms with Gasteiger partial charge in [-0.25, -0.2) is 0 Å². The molecule has 0 fully saturated rings. The molecule has 3 N–H and O–H groups in total. The van der Waals surface area contributed by atoms with Crippen LogP contribution >= 0.6 is 0 Å². The van der Waals surface area contributed by atoms with Crippen molar-refractivity contribution in [3.05, 3.63) is 0 Å². The maximum atomic E-state index is 11.5. The molecule has 2 atom stereocenters. The molecule has 0 aliphatic rings. The quantitative estimate of drug-likeness (QED) is 0.576. The van der Waals surface area contributed by atoms with Crippen LogP contribution in [0, 0.1) is 11.8 Å². The smallest absolute Gasteiger partial charge is 0.222 e. The molecule has 0 saturated carbocycles. The van der Waals surface area contributed by atoms with Crippen molar-refractivity contribution in [1.29, 1.82) is 0 Å². The maximum absolute atomic E-state index is 11.5. The van der Waals surface area contributed by atoms with Crippen LogP contribution in [0.4, 0.5) is 0 Å². The Bertz CT molecular complexity index is 183. The Morgan fingerprint density at radius 2 is 1.87 bits per heavy atom. The number of aliphatic hydroxyl groups is 1. The van der Waals surface area contributed by atoms with E-state index in [1.54, 1.807) is 7.05 Å². The van der Waals surface area contributed by atoms with Gasteiger partial charge in [0.05, 0.1) is 6.10 Å². The van der Waals surface area contributed by atoms with Gasteiger partial charge in [0.2, 0.25) is 5.91 Å². The Hall–Kier alpha value is -0.610. The molecule has 4 nitrogen and oxygen atoms in total. The van der Waals surface area contributed by atoms with Crippen LogP contribution in [0.3, 0.4) is 0 Å². The van der Waals surface area contributed by atoms with Gasteiger partial charge >= 0.3 is 0 Å². The van der Waals surface area contributed by atoms with Gasteiger partial charge in [-0.2, -0.15) is 0 Å². The Morgan fingerprint density at radius 3 is 2.33 bits per heavy atom. The van der Waals surface area contributed by atoms with Gasteiger partial charge in [0.25, 0.3) is 0 Å². The maximum Gasteiger partial charge on any atom is 0.222 e. The first kappa shape index (κ1) is 14.4. The highest BCUT2D eigenvalue weighted by Crippen LogP contribution is 2.10. The number of aliphatic hydroxyl groups excluding tert-OH is 1. The van der Waals surface area contributed by atoms with Crippen molar-refractivity contribution in [3.8, 4) is 0 Å². The van der Waals surface area contributed by atoms with E-state index >= 15 is 0 Å². The predicted molar refractivity (Wildman–Crippen MR) is 61.6 cm³/mol. The minimum absolute atomic E-state index is 0.0202. The number of hydrogen-bond acceptors (Lipinski definition) is 3. The van der Waals surface area contributed by atoms with Crippen molar-refractivity contribution in [3.63, 3.8) is 0 Å². The summed E-state index contributed by atoms with van der Waals surface area (Å²) in [6, 6.07) is 0. The van der Waals surface area contributed by atoms with E-state index in [1.807, 2.05) is 6.92 Å². The van der Waals surface area contributed by atoms with Gasteiger partial charge in [-0.1, -0.05) is 20.8 Å². The largest absolute Gasteiger partial charge is 0.390 e. The molecule has 0 saturated heterocycles. The van der Waals surface area contributed by atoms with E-state index in [-0.39, 0.29) is 11.8 Å². The molecule has 0 aromatic carbocycles. The number of likely N-dealkylation sites (N-methyl/N-ethyl adjacent to an activating group) is 1. The normalized spacial score (nSPS) is 15.1. The zero-order chi connectivity index (χ0) is 11.8. The molecule has 90 valence electrons. The first-order valence-corrected chi connectivity index (χ1v) is 5.57. The van der Waals surface area contributed by atoms with Crippen LogP contribution in [-0.4, -0.2) is 37.3 Å². The first-order chi connectivity index (χ1) is 6.97. The summed E-state index contributed by atoms with van der Waals surface area (Å²) in [6.45, 7) is 6.93. The highest BCUT2D eigenvalue weighted by Gasteiger charge is 2.14. The van der Waals surface area contributed by atoms with E-state index in [0.29, 0.717) is 19.0 Å². The highest BCUT2D eigenvalue weighted by atomic mass is 16.3. The highest BCUT2D eigenvalue weighted by molar-refractivity contribution is 5.78. The average Bonchev–Trinajstić information content (AvgIpc) is 2.13. The monoisotopic (exact) mass is 216 g/mol. The van der Waals surface area contributed by atoms with Crippen LogP contribution in [0.25, 0.3) is 0 Å². The van der Waals surface area contributed by atoms with Crippen molar-refractivity contribution in [2.75, 3.05) is 20.1 Å². The second kappa shape index (κ2) is 7.65. The lowest BCUT2D eigenvalue weighted by atomic mass is 9.98. The van der Waals surface area contributed by atoms with Gasteiger partial charge in [0, 0.05) is 19.0 Å². The predicted octanol–water partition coefficient (Wildman–Crippen LogP) is 0.365. The number of carbonyl (C=O) groups is 1. The lowest BCUT2D eigenvalue weighted by molar-refractivity contribution is -0.125. The van der Waals surface area contributed by atoms with Crippen LogP contribution in [0.2, 0.25) is 0 Å². The summed E-state index contributed by atoms with van der Waals surface area (Å²) in [5, 5.41) is 15.0. The molecule has 1 amide bonds. The molecule has 0 radical (unpaired) electrons. The fourth-order valence-corrected chi connectivity index (χ4v) is 1.51.